The van der Waals surface area contributed by atoms with Gasteiger partial charge in [-0.25, -0.2) is 9.78 Å². The van der Waals surface area contributed by atoms with Gasteiger partial charge in [0, 0.05) is 29.4 Å². The summed E-state index contributed by atoms with van der Waals surface area (Å²) in [4.78, 5) is 32.0. The van der Waals surface area contributed by atoms with Crippen molar-refractivity contribution in [3.8, 4) is 16.9 Å². The molecule has 38 heavy (non-hydrogen) atoms. The molecule has 2 aromatic heterocycles. The number of urea groups is 1. The Morgan fingerprint density at radius 3 is 2.24 bits per heavy atom. The molecule has 0 aliphatic rings. The number of carbonyl (C=O) groups is 1. The molecule has 2 N–H and O–H groups in total. The summed E-state index contributed by atoms with van der Waals surface area (Å²) in [6.07, 6.45) is 2.43. The number of nitrogens with one attached hydrogen (secondary N) is 2. The minimum Gasteiger partial charge on any atom is -0.497 e. The van der Waals surface area contributed by atoms with Gasteiger partial charge in [0.2, 0.25) is 0 Å². The maximum atomic E-state index is 13.9. The van der Waals surface area contributed by atoms with E-state index in [0.29, 0.717) is 23.5 Å². The smallest absolute Gasteiger partial charge is 0.323 e. The minimum atomic E-state index is -0.465. The third-order valence-corrected chi connectivity index (χ3v) is 6.68. The molecule has 0 aliphatic carbocycles. The highest BCUT2D eigenvalue weighted by Crippen LogP contribution is 2.36. The molecule has 0 atom stereocenters. The molecule has 7 nitrogen and oxygen atoms in total. The molecule has 7 heteroatoms. The van der Waals surface area contributed by atoms with Gasteiger partial charge in [0.25, 0.3) is 5.56 Å². The Kier molecular flexibility index (Phi) is 8.15. The normalized spacial score (nSPS) is 11.3. The topological polar surface area (TPSA) is 85.2 Å². The number of amides is 2. The number of benzene rings is 2. The SMILES string of the molecule is CCCn1c(=O)c(NC(=O)Nc2c(C(C)C)cccc2C(C)C)c(-c2cccc(OC)c2)c2cccnc21. The number of nitrogens with zero attached hydrogens (tertiary/aromatic N) is 2. The van der Waals surface area contributed by atoms with Crippen molar-refractivity contribution >= 4 is 28.4 Å². The fourth-order valence-electron chi connectivity index (χ4n) is 4.86. The van der Waals surface area contributed by atoms with Gasteiger partial charge >= 0.3 is 6.03 Å². The Labute approximate surface area is 223 Å². The summed E-state index contributed by atoms with van der Waals surface area (Å²) in [5.41, 5.74) is 4.73. The van der Waals surface area contributed by atoms with E-state index < -0.39 is 6.03 Å². The zero-order valence-electron chi connectivity index (χ0n) is 23.0. The van der Waals surface area contributed by atoms with Gasteiger partial charge in [-0.15, -0.1) is 0 Å². The number of anilines is 2. The third-order valence-electron chi connectivity index (χ3n) is 6.68. The van der Waals surface area contributed by atoms with Crippen molar-refractivity contribution in [1.29, 1.82) is 0 Å². The monoisotopic (exact) mass is 512 g/mol. The summed E-state index contributed by atoms with van der Waals surface area (Å²) in [5, 5.41) is 6.79. The molecular weight excluding hydrogens is 476 g/mol. The number of pyridine rings is 2. The molecule has 198 valence electrons. The van der Waals surface area contributed by atoms with Crippen LogP contribution in [-0.2, 0) is 6.54 Å². The van der Waals surface area contributed by atoms with Crippen molar-refractivity contribution < 1.29 is 9.53 Å². The second kappa shape index (κ2) is 11.5. The summed E-state index contributed by atoms with van der Waals surface area (Å²) < 4.78 is 7.09. The molecule has 2 heterocycles. The molecule has 4 aromatic rings. The summed E-state index contributed by atoms with van der Waals surface area (Å²) in [6, 6.07) is 16.9. The van der Waals surface area contributed by atoms with Gasteiger partial charge in [-0.3, -0.25) is 9.36 Å². The van der Waals surface area contributed by atoms with Crippen LogP contribution in [0.25, 0.3) is 22.2 Å². The number of carbonyl (C=O) groups excluding carboxylic acids is 1. The second-order valence-corrected chi connectivity index (χ2v) is 10.0. The van der Waals surface area contributed by atoms with E-state index in [1.54, 1.807) is 17.9 Å². The molecule has 2 amide bonds. The van der Waals surface area contributed by atoms with Crippen LogP contribution in [0, 0.1) is 0 Å². The highest BCUT2D eigenvalue weighted by molar-refractivity contribution is 6.07. The summed E-state index contributed by atoms with van der Waals surface area (Å²) >= 11 is 0. The van der Waals surface area contributed by atoms with E-state index >= 15 is 0 Å². The quantitative estimate of drug-likeness (QED) is 0.258. The van der Waals surface area contributed by atoms with Crippen LogP contribution in [0.3, 0.4) is 0 Å². The molecule has 0 unspecified atom stereocenters. The maximum absolute atomic E-state index is 13.9. The lowest BCUT2D eigenvalue weighted by Gasteiger charge is -2.21. The van der Waals surface area contributed by atoms with E-state index in [4.69, 9.17) is 4.74 Å². The number of rotatable bonds is 8. The van der Waals surface area contributed by atoms with Gasteiger partial charge in [0.15, 0.2) is 0 Å². The van der Waals surface area contributed by atoms with Crippen molar-refractivity contribution in [1.82, 2.24) is 9.55 Å². The Morgan fingerprint density at radius 2 is 1.61 bits per heavy atom. The van der Waals surface area contributed by atoms with E-state index in [9.17, 15) is 9.59 Å². The van der Waals surface area contributed by atoms with E-state index in [-0.39, 0.29) is 23.1 Å². The first-order chi connectivity index (χ1) is 18.3. The largest absolute Gasteiger partial charge is 0.497 e. The van der Waals surface area contributed by atoms with Crippen LogP contribution in [0.15, 0.2) is 65.6 Å². The Bertz CT molecular complexity index is 1500. The molecule has 2 aromatic carbocycles. The van der Waals surface area contributed by atoms with Gasteiger partial charge < -0.3 is 15.4 Å². The van der Waals surface area contributed by atoms with Gasteiger partial charge in [0.05, 0.1) is 7.11 Å². The van der Waals surface area contributed by atoms with E-state index in [1.807, 2.05) is 61.5 Å². The number of hydrogen-bond donors (Lipinski definition) is 2. The molecule has 0 saturated carbocycles. The van der Waals surface area contributed by atoms with Crippen molar-refractivity contribution in [3.63, 3.8) is 0 Å². The number of fused-ring (bicyclic) bond motifs is 1. The molecular formula is C31H36N4O3. The van der Waals surface area contributed by atoms with Crippen LogP contribution in [-0.4, -0.2) is 22.7 Å². The van der Waals surface area contributed by atoms with Crippen molar-refractivity contribution in [2.45, 2.75) is 59.4 Å². The molecule has 0 radical (unpaired) electrons. The second-order valence-electron chi connectivity index (χ2n) is 10.0. The summed E-state index contributed by atoms with van der Waals surface area (Å²) in [5.74, 6) is 1.08. The Balaban J connectivity index is 1.90. The van der Waals surface area contributed by atoms with Crippen molar-refractivity contribution in [3.05, 3.63) is 82.3 Å². The molecule has 0 bridgehead atoms. The molecule has 4 rings (SSSR count). The fourth-order valence-corrected chi connectivity index (χ4v) is 4.86. The average Bonchev–Trinajstić information content (AvgIpc) is 2.91. The highest BCUT2D eigenvalue weighted by Gasteiger charge is 2.22. The lowest BCUT2D eigenvalue weighted by molar-refractivity contribution is 0.262. The Hall–Kier alpha value is -4.13. The van der Waals surface area contributed by atoms with Gasteiger partial charge in [-0.1, -0.05) is 65.0 Å². The van der Waals surface area contributed by atoms with E-state index in [0.717, 1.165) is 34.2 Å². The first-order valence-electron chi connectivity index (χ1n) is 13.1. The van der Waals surface area contributed by atoms with Crippen molar-refractivity contribution in [2.75, 3.05) is 17.7 Å². The number of hydrogen-bond acceptors (Lipinski definition) is 4. The predicted octanol–water partition coefficient (Wildman–Crippen LogP) is 7.37. The number of aromatic nitrogens is 2. The predicted molar refractivity (Wildman–Crippen MR) is 156 cm³/mol. The fraction of sp³-hybridized carbons (Fsp3) is 0.323. The van der Waals surface area contributed by atoms with Gasteiger partial charge in [-0.05, 0) is 59.2 Å². The summed E-state index contributed by atoms with van der Waals surface area (Å²) in [6.45, 7) is 10.9. The zero-order valence-corrected chi connectivity index (χ0v) is 23.0. The van der Waals surface area contributed by atoms with Crippen LogP contribution in [0.4, 0.5) is 16.2 Å². The lowest BCUT2D eigenvalue weighted by Crippen LogP contribution is -2.30. The standard InChI is InChI=1S/C31H36N4O3/c1-7-17-35-29-25(15-10-16-32-29)26(21-11-8-12-22(18-21)38-6)28(30(35)36)34-31(37)33-27-23(19(2)3)13-9-14-24(27)20(4)5/h8-16,18-20H,7,17H2,1-6H3,(H2,33,34,37). The molecule has 0 aliphatic heterocycles. The number of methoxy groups -OCH3 is 1. The first-order valence-corrected chi connectivity index (χ1v) is 13.1. The van der Waals surface area contributed by atoms with E-state index in [2.05, 4.69) is 43.3 Å². The highest BCUT2D eigenvalue weighted by atomic mass is 16.5. The van der Waals surface area contributed by atoms with Crippen molar-refractivity contribution in [2.24, 2.45) is 0 Å². The van der Waals surface area contributed by atoms with E-state index in [1.165, 1.54) is 0 Å². The van der Waals surface area contributed by atoms with Crippen LogP contribution in [0.2, 0.25) is 0 Å². The maximum Gasteiger partial charge on any atom is 0.323 e. The first kappa shape index (κ1) is 26.9. The number of ether oxygens (including phenoxy) is 1. The van der Waals surface area contributed by atoms with Crippen LogP contribution < -0.4 is 20.9 Å². The van der Waals surface area contributed by atoms with Crippen LogP contribution >= 0.6 is 0 Å². The van der Waals surface area contributed by atoms with Crippen LogP contribution in [0.1, 0.15) is 64.0 Å². The van der Waals surface area contributed by atoms with Gasteiger partial charge in [0.1, 0.15) is 17.1 Å². The molecule has 0 spiro atoms. The van der Waals surface area contributed by atoms with Gasteiger partial charge in [-0.2, -0.15) is 0 Å². The molecule has 0 fully saturated rings. The number of aryl methyl sites for hydroxylation is 1. The summed E-state index contributed by atoms with van der Waals surface area (Å²) in [7, 11) is 1.60. The zero-order chi connectivity index (χ0) is 27.4. The third kappa shape index (κ3) is 5.28. The average molecular weight is 513 g/mol. The lowest BCUT2D eigenvalue weighted by atomic mass is 9.93. The van der Waals surface area contributed by atoms with Crippen LogP contribution in [0.5, 0.6) is 5.75 Å². The molecule has 0 saturated heterocycles. The minimum absolute atomic E-state index is 0.206. The Morgan fingerprint density at radius 1 is 0.947 bits per heavy atom. The number of para-hydroxylation sites is 1.